The molecule has 1 aliphatic rings. The summed E-state index contributed by atoms with van der Waals surface area (Å²) in [4.78, 5) is 22.8. The second-order valence-corrected chi connectivity index (χ2v) is 5.03. The highest BCUT2D eigenvalue weighted by Gasteiger charge is 2.26. The van der Waals surface area contributed by atoms with Gasteiger partial charge in [-0.05, 0) is 31.0 Å². The van der Waals surface area contributed by atoms with Gasteiger partial charge in [0.1, 0.15) is 0 Å². The summed E-state index contributed by atoms with van der Waals surface area (Å²) in [5.41, 5.74) is 0.463. The minimum Gasteiger partial charge on any atom is -0.478 e. The maximum absolute atomic E-state index is 11.8. The second kappa shape index (κ2) is 4.87. The highest BCUT2D eigenvalue weighted by molar-refractivity contribution is 9.10. The topological polar surface area (TPSA) is 66.4 Å². The number of carboxylic acid groups (broad SMARTS) is 1. The van der Waals surface area contributed by atoms with Crippen LogP contribution in [0.4, 0.5) is 5.69 Å². The molecule has 0 saturated heterocycles. The minimum absolute atomic E-state index is 0.0376. The second-order valence-electron chi connectivity index (χ2n) is 4.11. The zero-order chi connectivity index (χ0) is 12.4. The number of amides is 1. The number of hydrogen-bond acceptors (Lipinski definition) is 2. The molecule has 0 aliphatic heterocycles. The lowest BCUT2D eigenvalue weighted by Gasteiger charge is -2.24. The quantitative estimate of drug-likeness (QED) is 0.901. The average Bonchev–Trinajstić information content (AvgIpc) is 2.13. The van der Waals surface area contributed by atoms with Crippen molar-refractivity contribution in [1.29, 1.82) is 0 Å². The summed E-state index contributed by atoms with van der Waals surface area (Å²) in [6.45, 7) is 0. The van der Waals surface area contributed by atoms with Crippen LogP contribution in [0.1, 0.15) is 29.6 Å². The van der Waals surface area contributed by atoms with Crippen LogP contribution in [-0.4, -0.2) is 17.0 Å². The molecule has 2 N–H and O–H groups in total. The fraction of sp³-hybridized carbons (Fsp3) is 0.333. The first kappa shape index (κ1) is 12.1. The molecule has 0 radical (unpaired) electrons. The Morgan fingerprint density at radius 1 is 1.35 bits per heavy atom. The Kier molecular flexibility index (Phi) is 3.47. The van der Waals surface area contributed by atoms with Gasteiger partial charge in [0.2, 0.25) is 5.91 Å². The van der Waals surface area contributed by atoms with Crippen molar-refractivity contribution in [2.75, 3.05) is 5.32 Å². The number of aromatic carboxylic acids is 1. The molecule has 1 fully saturated rings. The summed E-state index contributed by atoms with van der Waals surface area (Å²) in [6, 6.07) is 4.73. The van der Waals surface area contributed by atoms with E-state index in [1.54, 1.807) is 12.1 Å². The first-order valence-corrected chi connectivity index (χ1v) is 6.21. The van der Waals surface area contributed by atoms with Crippen LogP contribution in [-0.2, 0) is 4.79 Å². The van der Waals surface area contributed by atoms with Crippen molar-refractivity contribution in [3.8, 4) is 0 Å². The molecule has 17 heavy (non-hydrogen) atoms. The van der Waals surface area contributed by atoms with E-state index in [4.69, 9.17) is 5.11 Å². The summed E-state index contributed by atoms with van der Waals surface area (Å²) in [6.07, 6.45) is 2.85. The predicted molar refractivity (Wildman–Crippen MR) is 67.1 cm³/mol. The molecule has 1 aromatic rings. The average molecular weight is 298 g/mol. The third-order valence-corrected chi connectivity index (χ3v) is 3.44. The molecule has 90 valence electrons. The van der Waals surface area contributed by atoms with Crippen LogP contribution in [0.3, 0.4) is 0 Å². The van der Waals surface area contributed by atoms with Crippen molar-refractivity contribution in [3.05, 3.63) is 28.2 Å². The van der Waals surface area contributed by atoms with Crippen LogP contribution in [0.5, 0.6) is 0 Å². The van der Waals surface area contributed by atoms with Crippen LogP contribution in [0.15, 0.2) is 22.7 Å². The lowest BCUT2D eigenvalue weighted by atomic mass is 9.85. The molecule has 0 atom stereocenters. The molecular formula is C12H12BrNO3. The monoisotopic (exact) mass is 297 g/mol. The number of nitrogens with one attached hydrogen (secondary N) is 1. The van der Waals surface area contributed by atoms with Gasteiger partial charge in [-0.2, -0.15) is 0 Å². The zero-order valence-electron chi connectivity index (χ0n) is 9.07. The van der Waals surface area contributed by atoms with Crippen molar-refractivity contribution in [1.82, 2.24) is 0 Å². The largest absolute Gasteiger partial charge is 0.478 e. The number of benzene rings is 1. The van der Waals surface area contributed by atoms with Crippen LogP contribution in [0.2, 0.25) is 0 Å². The van der Waals surface area contributed by atoms with Gasteiger partial charge >= 0.3 is 5.97 Å². The maximum atomic E-state index is 11.8. The van der Waals surface area contributed by atoms with E-state index in [1.165, 1.54) is 6.07 Å². The molecule has 1 amide bonds. The first-order chi connectivity index (χ1) is 8.08. The van der Waals surface area contributed by atoms with Crippen molar-refractivity contribution in [2.24, 2.45) is 5.92 Å². The van der Waals surface area contributed by atoms with Crippen LogP contribution >= 0.6 is 15.9 Å². The standard InChI is InChI=1S/C12H12BrNO3/c13-8-4-5-9(12(16)17)10(6-8)14-11(15)7-2-1-3-7/h4-7H,1-3H2,(H,14,15)(H,16,17). The molecule has 2 rings (SSSR count). The van der Waals surface area contributed by atoms with Gasteiger partial charge in [0.05, 0.1) is 11.3 Å². The zero-order valence-corrected chi connectivity index (χ0v) is 10.7. The molecule has 1 aromatic carbocycles. The molecule has 5 heteroatoms. The number of halogens is 1. The Morgan fingerprint density at radius 3 is 2.59 bits per heavy atom. The molecular weight excluding hydrogens is 286 g/mol. The highest BCUT2D eigenvalue weighted by Crippen LogP contribution is 2.29. The van der Waals surface area contributed by atoms with Gasteiger partial charge < -0.3 is 10.4 Å². The Balaban J connectivity index is 2.20. The number of hydrogen-bond donors (Lipinski definition) is 2. The summed E-state index contributed by atoms with van der Waals surface area (Å²) < 4.78 is 0.742. The Labute approximate surface area is 107 Å². The van der Waals surface area contributed by atoms with Crippen LogP contribution in [0, 0.1) is 5.92 Å². The summed E-state index contributed by atoms with van der Waals surface area (Å²) in [5, 5.41) is 11.7. The van der Waals surface area contributed by atoms with E-state index in [2.05, 4.69) is 21.2 Å². The van der Waals surface area contributed by atoms with Crippen molar-refractivity contribution in [3.63, 3.8) is 0 Å². The van der Waals surface area contributed by atoms with Crippen molar-refractivity contribution in [2.45, 2.75) is 19.3 Å². The van der Waals surface area contributed by atoms with Crippen molar-refractivity contribution < 1.29 is 14.7 Å². The van der Waals surface area contributed by atoms with Gasteiger partial charge in [-0.1, -0.05) is 22.4 Å². The Hall–Kier alpha value is -1.36. The van der Waals surface area contributed by atoms with Gasteiger partial charge in [-0.25, -0.2) is 4.79 Å². The molecule has 1 aliphatic carbocycles. The number of carbonyl (C=O) groups excluding carboxylic acids is 1. The summed E-state index contributed by atoms with van der Waals surface area (Å²) in [5.74, 6) is -1.09. The Bertz CT molecular complexity index is 469. The minimum atomic E-state index is -1.04. The number of rotatable bonds is 3. The van der Waals surface area contributed by atoms with E-state index in [-0.39, 0.29) is 17.4 Å². The van der Waals surface area contributed by atoms with E-state index in [0.717, 1.165) is 23.7 Å². The van der Waals surface area contributed by atoms with Gasteiger partial charge in [0, 0.05) is 10.4 Å². The Morgan fingerprint density at radius 2 is 2.06 bits per heavy atom. The van der Waals surface area contributed by atoms with E-state index in [1.807, 2.05) is 0 Å². The predicted octanol–water partition coefficient (Wildman–Crippen LogP) is 2.89. The van der Waals surface area contributed by atoms with E-state index < -0.39 is 5.97 Å². The van der Waals surface area contributed by atoms with Crippen molar-refractivity contribution >= 4 is 33.5 Å². The first-order valence-electron chi connectivity index (χ1n) is 5.41. The van der Waals surface area contributed by atoms with E-state index in [9.17, 15) is 9.59 Å². The normalized spacial score (nSPS) is 15.1. The number of carboxylic acids is 1. The fourth-order valence-electron chi connectivity index (χ4n) is 1.71. The summed E-state index contributed by atoms with van der Waals surface area (Å²) in [7, 11) is 0. The lowest BCUT2D eigenvalue weighted by molar-refractivity contribution is -0.122. The number of anilines is 1. The van der Waals surface area contributed by atoms with Gasteiger partial charge in [0.15, 0.2) is 0 Å². The highest BCUT2D eigenvalue weighted by atomic mass is 79.9. The molecule has 0 unspecified atom stereocenters. The molecule has 4 nitrogen and oxygen atoms in total. The van der Waals surface area contributed by atoms with Gasteiger partial charge in [-0.15, -0.1) is 0 Å². The third-order valence-electron chi connectivity index (χ3n) is 2.95. The smallest absolute Gasteiger partial charge is 0.337 e. The third kappa shape index (κ3) is 2.66. The SMILES string of the molecule is O=C(O)c1ccc(Br)cc1NC(=O)C1CCC1. The molecule has 1 saturated carbocycles. The van der Waals surface area contributed by atoms with Gasteiger partial charge in [0.25, 0.3) is 0 Å². The lowest BCUT2D eigenvalue weighted by Crippen LogP contribution is -2.28. The molecule has 0 aromatic heterocycles. The molecule has 0 spiro atoms. The van der Waals surface area contributed by atoms with Crippen LogP contribution in [0.25, 0.3) is 0 Å². The summed E-state index contributed by atoms with van der Waals surface area (Å²) >= 11 is 3.26. The molecule has 0 bridgehead atoms. The molecule has 0 heterocycles. The van der Waals surface area contributed by atoms with E-state index in [0.29, 0.717) is 5.69 Å². The maximum Gasteiger partial charge on any atom is 0.337 e. The van der Waals surface area contributed by atoms with Crippen LogP contribution < -0.4 is 5.32 Å². The fourth-order valence-corrected chi connectivity index (χ4v) is 2.07. The van der Waals surface area contributed by atoms with E-state index >= 15 is 0 Å². The van der Waals surface area contributed by atoms with Gasteiger partial charge in [-0.3, -0.25) is 4.79 Å². The number of carbonyl (C=O) groups is 2.